The lowest BCUT2D eigenvalue weighted by atomic mass is 9.92. The van der Waals surface area contributed by atoms with Gasteiger partial charge in [-0.05, 0) is 18.6 Å². The molecule has 3 rings (SSSR count). The van der Waals surface area contributed by atoms with Crippen LogP contribution in [-0.4, -0.2) is 35.6 Å². The normalized spacial score (nSPS) is 19.5. The molecule has 1 atom stereocenters. The monoisotopic (exact) mass is 395 g/mol. The maximum Gasteiger partial charge on any atom is 0.258 e. The first-order valence-electron chi connectivity index (χ1n) is 8.43. The molecule has 1 amide bonds. The Bertz CT molecular complexity index is 945. The van der Waals surface area contributed by atoms with E-state index >= 15 is 0 Å². The third-order valence-corrected chi connectivity index (χ3v) is 6.50. The summed E-state index contributed by atoms with van der Waals surface area (Å²) in [4.78, 5) is 12.6. The molecule has 0 aliphatic carbocycles. The zero-order valence-corrected chi connectivity index (χ0v) is 16.6. The van der Waals surface area contributed by atoms with Crippen LogP contribution in [0.15, 0.2) is 30.3 Å². The third-order valence-electron chi connectivity index (χ3n) is 4.42. The average Bonchev–Trinajstić information content (AvgIpc) is 3.10. The van der Waals surface area contributed by atoms with Crippen molar-refractivity contribution in [1.29, 1.82) is 0 Å². The van der Waals surface area contributed by atoms with Gasteiger partial charge in [0, 0.05) is 11.5 Å². The van der Waals surface area contributed by atoms with Crippen LogP contribution < -0.4 is 5.32 Å². The Kier molecular flexibility index (Phi) is 4.88. The van der Waals surface area contributed by atoms with Crippen molar-refractivity contribution in [2.24, 2.45) is 0 Å². The molecule has 1 aromatic heterocycles. The van der Waals surface area contributed by atoms with E-state index in [0.717, 1.165) is 5.69 Å². The lowest BCUT2D eigenvalue weighted by Crippen LogP contribution is -2.20. The molecule has 1 aliphatic rings. The first-order chi connectivity index (χ1) is 12.1. The number of nitrogens with zero attached hydrogens (tertiary/aromatic N) is 2. The number of benzene rings is 1. The molecule has 1 saturated heterocycles. The van der Waals surface area contributed by atoms with Crippen molar-refractivity contribution in [1.82, 2.24) is 9.78 Å². The second-order valence-electron chi connectivity index (χ2n) is 7.60. The van der Waals surface area contributed by atoms with Gasteiger partial charge in [0.2, 0.25) is 0 Å². The number of aromatic nitrogens is 2. The highest BCUT2D eigenvalue weighted by Crippen LogP contribution is 2.31. The fourth-order valence-electron chi connectivity index (χ4n) is 2.93. The number of sulfone groups is 1. The number of halogens is 1. The van der Waals surface area contributed by atoms with Crippen molar-refractivity contribution in [3.05, 3.63) is 46.6 Å². The van der Waals surface area contributed by atoms with E-state index in [-0.39, 0.29) is 28.9 Å². The average molecular weight is 396 g/mol. The summed E-state index contributed by atoms with van der Waals surface area (Å²) in [7, 11) is -3.07. The van der Waals surface area contributed by atoms with Crippen LogP contribution in [0, 0.1) is 0 Å². The quantitative estimate of drug-likeness (QED) is 0.862. The van der Waals surface area contributed by atoms with Gasteiger partial charge < -0.3 is 5.32 Å². The second-order valence-corrected chi connectivity index (χ2v) is 10.2. The van der Waals surface area contributed by atoms with E-state index < -0.39 is 9.84 Å². The second kappa shape index (κ2) is 6.70. The number of hydrogen-bond acceptors (Lipinski definition) is 4. The number of amides is 1. The molecule has 1 aromatic carbocycles. The summed E-state index contributed by atoms with van der Waals surface area (Å²) in [5, 5.41) is 7.81. The van der Waals surface area contributed by atoms with E-state index in [1.54, 1.807) is 35.0 Å². The Morgan fingerprint density at radius 3 is 2.58 bits per heavy atom. The standard InChI is InChI=1S/C18H22ClN3O3S/c1-18(2,3)15-10-16(20-17(23)13-6-4-5-7-14(13)19)22(21-15)12-8-9-26(24,25)11-12/h4-7,10,12H,8-9,11H2,1-3H3,(H,20,23)/t12-/m0/s1. The molecule has 6 nitrogen and oxygen atoms in total. The van der Waals surface area contributed by atoms with Crippen molar-refractivity contribution < 1.29 is 13.2 Å². The molecule has 2 aromatic rings. The molecular weight excluding hydrogens is 374 g/mol. The summed E-state index contributed by atoms with van der Waals surface area (Å²) >= 11 is 6.10. The van der Waals surface area contributed by atoms with Gasteiger partial charge in [-0.15, -0.1) is 0 Å². The van der Waals surface area contributed by atoms with Gasteiger partial charge in [0.1, 0.15) is 5.82 Å². The smallest absolute Gasteiger partial charge is 0.258 e. The molecule has 8 heteroatoms. The third kappa shape index (κ3) is 3.94. The lowest BCUT2D eigenvalue weighted by Gasteiger charge is -2.15. The lowest BCUT2D eigenvalue weighted by molar-refractivity contribution is 0.102. The molecule has 0 radical (unpaired) electrons. The molecule has 0 saturated carbocycles. The van der Waals surface area contributed by atoms with Crippen LogP contribution in [0.2, 0.25) is 5.02 Å². The molecule has 0 unspecified atom stereocenters. The fraction of sp³-hybridized carbons (Fsp3) is 0.444. The van der Waals surface area contributed by atoms with Crippen molar-refractivity contribution in [3.63, 3.8) is 0 Å². The van der Waals surface area contributed by atoms with Crippen molar-refractivity contribution in [3.8, 4) is 0 Å². The van der Waals surface area contributed by atoms with Crippen LogP contribution >= 0.6 is 11.6 Å². The summed E-state index contributed by atoms with van der Waals surface area (Å²) in [6, 6.07) is 8.31. The van der Waals surface area contributed by atoms with E-state index in [2.05, 4.69) is 10.4 Å². The van der Waals surface area contributed by atoms with Crippen LogP contribution in [0.4, 0.5) is 5.82 Å². The van der Waals surface area contributed by atoms with Crippen molar-refractivity contribution in [2.45, 2.75) is 38.6 Å². The summed E-state index contributed by atoms with van der Waals surface area (Å²) in [5.41, 5.74) is 0.918. The maximum absolute atomic E-state index is 12.6. The zero-order valence-electron chi connectivity index (χ0n) is 15.0. The first-order valence-corrected chi connectivity index (χ1v) is 10.6. The van der Waals surface area contributed by atoms with Gasteiger partial charge in [0.15, 0.2) is 9.84 Å². The molecule has 0 bridgehead atoms. The predicted molar refractivity (Wildman–Crippen MR) is 103 cm³/mol. The number of carbonyl (C=O) groups excluding carboxylic acids is 1. The molecule has 140 valence electrons. The summed E-state index contributed by atoms with van der Waals surface area (Å²) < 4.78 is 25.4. The number of carbonyl (C=O) groups is 1. The number of rotatable bonds is 3. The van der Waals surface area contributed by atoms with Crippen LogP contribution in [0.1, 0.15) is 49.3 Å². The van der Waals surface area contributed by atoms with E-state index in [1.807, 2.05) is 20.8 Å². The molecular formula is C18H22ClN3O3S. The van der Waals surface area contributed by atoms with E-state index in [0.29, 0.717) is 22.8 Å². The Labute approximate surface area is 158 Å². The van der Waals surface area contributed by atoms with Gasteiger partial charge in [-0.3, -0.25) is 4.79 Å². The molecule has 0 spiro atoms. The molecule has 1 N–H and O–H groups in total. The van der Waals surface area contributed by atoms with Gasteiger partial charge in [0.25, 0.3) is 5.91 Å². The molecule has 2 heterocycles. The summed E-state index contributed by atoms with van der Waals surface area (Å²) in [6.45, 7) is 6.06. The minimum Gasteiger partial charge on any atom is -0.307 e. The summed E-state index contributed by atoms with van der Waals surface area (Å²) in [5.74, 6) is 0.313. The molecule has 26 heavy (non-hydrogen) atoms. The highest BCUT2D eigenvalue weighted by molar-refractivity contribution is 7.91. The van der Waals surface area contributed by atoms with Crippen LogP contribution in [0.5, 0.6) is 0 Å². The van der Waals surface area contributed by atoms with Crippen molar-refractivity contribution >= 4 is 33.2 Å². The highest BCUT2D eigenvalue weighted by Gasteiger charge is 2.33. The van der Waals surface area contributed by atoms with Crippen LogP contribution in [0.3, 0.4) is 0 Å². The van der Waals surface area contributed by atoms with Gasteiger partial charge >= 0.3 is 0 Å². The van der Waals surface area contributed by atoms with Gasteiger partial charge in [0.05, 0.1) is 33.8 Å². The Hall–Kier alpha value is -1.86. The minimum absolute atomic E-state index is 0.0349. The summed E-state index contributed by atoms with van der Waals surface area (Å²) in [6.07, 6.45) is 0.489. The molecule has 1 aliphatic heterocycles. The van der Waals surface area contributed by atoms with E-state index in [9.17, 15) is 13.2 Å². The maximum atomic E-state index is 12.6. The predicted octanol–water partition coefficient (Wildman–Crippen LogP) is 3.45. The number of nitrogens with one attached hydrogen (secondary N) is 1. The largest absolute Gasteiger partial charge is 0.307 e. The van der Waals surface area contributed by atoms with E-state index in [4.69, 9.17) is 11.6 Å². The Morgan fingerprint density at radius 1 is 1.31 bits per heavy atom. The Morgan fingerprint density at radius 2 is 2.00 bits per heavy atom. The molecule has 1 fully saturated rings. The number of anilines is 1. The highest BCUT2D eigenvalue weighted by atomic mass is 35.5. The van der Waals surface area contributed by atoms with Gasteiger partial charge in [-0.25, -0.2) is 13.1 Å². The first kappa shape index (κ1) is 18.9. The Balaban J connectivity index is 1.96. The van der Waals surface area contributed by atoms with Crippen molar-refractivity contribution in [2.75, 3.05) is 16.8 Å². The van der Waals surface area contributed by atoms with Gasteiger partial charge in [-0.2, -0.15) is 5.10 Å². The van der Waals surface area contributed by atoms with Crippen LogP contribution in [-0.2, 0) is 15.3 Å². The topological polar surface area (TPSA) is 81.1 Å². The SMILES string of the molecule is CC(C)(C)c1cc(NC(=O)c2ccccc2Cl)n([C@H]2CCS(=O)(=O)C2)n1. The van der Waals surface area contributed by atoms with Crippen LogP contribution in [0.25, 0.3) is 0 Å². The van der Waals surface area contributed by atoms with E-state index in [1.165, 1.54) is 0 Å². The zero-order chi connectivity index (χ0) is 19.1. The van der Waals surface area contributed by atoms with Gasteiger partial charge in [-0.1, -0.05) is 44.5 Å². The number of hydrogen-bond donors (Lipinski definition) is 1. The minimum atomic E-state index is -3.07. The fourth-order valence-corrected chi connectivity index (χ4v) is 4.84.